The number of amides is 2. The van der Waals surface area contributed by atoms with Gasteiger partial charge in [0.15, 0.2) is 0 Å². The molecule has 1 saturated heterocycles. The molecule has 2 amide bonds. The van der Waals surface area contributed by atoms with Crippen LogP contribution in [0.1, 0.15) is 21.5 Å². The van der Waals surface area contributed by atoms with Crippen molar-refractivity contribution in [2.75, 3.05) is 39.0 Å². The summed E-state index contributed by atoms with van der Waals surface area (Å²) in [6, 6.07) is 3.66. The Hall–Kier alpha value is -2.24. The minimum atomic E-state index is -0.349. The molecule has 0 unspecified atom stereocenters. The van der Waals surface area contributed by atoms with Gasteiger partial charge >= 0.3 is 6.09 Å². The fraction of sp³-hybridized carbons (Fsp3) is 0.467. The molecule has 2 N–H and O–H groups in total. The Balaban J connectivity index is 2.09. The third-order valence-corrected chi connectivity index (χ3v) is 3.84. The van der Waals surface area contributed by atoms with Crippen LogP contribution < -0.4 is 5.73 Å². The number of hydrogen-bond acceptors (Lipinski definition) is 4. The number of anilines is 1. The van der Waals surface area contributed by atoms with Crippen LogP contribution in [0.15, 0.2) is 12.1 Å². The minimum Gasteiger partial charge on any atom is -0.453 e. The van der Waals surface area contributed by atoms with Crippen molar-refractivity contribution in [1.29, 1.82) is 0 Å². The van der Waals surface area contributed by atoms with Crippen molar-refractivity contribution in [3.63, 3.8) is 0 Å². The number of carbonyl (C=O) groups excluding carboxylic acids is 2. The second-order valence-electron chi connectivity index (χ2n) is 5.27. The summed E-state index contributed by atoms with van der Waals surface area (Å²) in [5.74, 6) is -0.0382. The predicted octanol–water partition coefficient (Wildman–Crippen LogP) is 1.41. The molecule has 114 valence electrons. The lowest BCUT2D eigenvalue weighted by Crippen LogP contribution is -2.50. The van der Waals surface area contributed by atoms with E-state index in [0.29, 0.717) is 37.4 Å². The van der Waals surface area contributed by atoms with Gasteiger partial charge in [-0.25, -0.2) is 4.79 Å². The van der Waals surface area contributed by atoms with Gasteiger partial charge in [0, 0.05) is 37.4 Å². The van der Waals surface area contributed by atoms with Gasteiger partial charge in [-0.2, -0.15) is 0 Å². The van der Waals surface area contributed by atoms with Gasteiger partial charge in [-0.1, -0.05) is 6.07 Å². The number of aryl methyl sites for hydroxylation is 2. The van der Waals surface area contributed by atoms with Crippen LogP contribution in [0, 0.1) is 13.8 Å². The first-order valence-electron chi connectivity index (χ1n) is 6.93. The summed E-state index contributed by atoms with van der Waals surface area (Å²) >= 11 is 0. The Kier molecular flexibility index (Phi) is 4.35. The van der Waals surface area contributed by atoms with Gasteiger partial charge in [0.2, 0.25) is 0 Å². The topological polar surface area (TPSA) is 75.9 Å². The van der Waals surface area contributed by atoms with Crippen molar-refractivity contribution in [2.45, 2.75) is 13.8 Å². The first-order valence-corrected chi connectivity index (χ1v) is 6.93. The maximum absolute atomic E-state index is 12.6. The maximum Gasteiger partial charge on any atom is 0.409 e. The van der Waals surface area contributed by atoms with E-state index in [1.54, 1.807) is 15.9 Å². The molecule has 0 atom stereocenters. The molecule has 1 aliphatic heterocycles. The summed E-state index contributed by atoms with van der Waals surface area (Å²) < 4.78 is 4.69. The minimum absolute atomic E-state index is 0.0382. The molecule has 0 saturated carbocycles. The van der Waals surface area contributed by atoms with Gasteiger partial charge in [-0.05, 0) is 31.0 Å². The SMILES string of the molecule is COC(=O)N1CCN(C(=O)c2cc(N)c(C)cc2C)CC1. The summed E-state index contributed by atoms with van der Waals surface area (Å²) in [6.07, 6.45) is -0.349. The van der Waals surface area contributed by atoms with Crippen LogP contribution in [0.3, 0.4) is 0 Å². The molecule has 2 rings (SSSR count). The third kappa shape index (κ3) is 3.09. The smallest absolute Gasteiger partial charge is 0.409 e. The van der Waals surface area contributed by atoms with Gasteiger partial charge in [-0.3, -0.25) is 4.79 Å². The molecular formula is C15H21N3O3. The van der Waals surface area contributed by atoms with E-state index in [0.717, 1.165) is 11.1 Å². The maximum atomic E-state index is 12.6. The molecule has 1 fully saturated rings. The molecule has 21 heavy (non-hydrogen) atoms. The first-order chi connectivity index (χ1) is 9.93. The standard InChI is InChI=1S/C15H21N3O3/c1-10-8-11(2)13(16)9-12(10)14(19)17-4-6-18(7-5-17)15(20)21-3/h8-9H,4-7,16H2,1-3H3. The monoisotopic (exact) mass is 291 g/mol. The van der Waals surface area contributed by atoms with E-state index < -0.39 is 0 Å². The van der Waals surface area contributed by atoms with Crippen molar-refractivity contribution in [3.05, 3.63) is 28.8 Å². The number of methoxy groups -OCH3 is 1. The van der Waals surface area contributed by atoms with Crippen LogP contribution in [0.25, 0.3) is 0 Å². The lowest BCUT2D eigenvalue weighted by atomic mass is 10.0. The van der Waals surface area contributed by atoms with Crippen LogP contribution in [0.4, 0.5) is 10.5 Å². The fourth-order valence-corrected chi connectivity index (χ4v) is 2.49. The van der Waals surface area contributed by atoms with Gasteiger partial charge < -0.3 is 20.3 Å². The predicted molar refractivity (Wildman–Crippen MR) is 80.2 cm³/mol. The van der Waals surface area contributed by atoms with E-state index in [4.69, 9.17) is 5.73 Å². The number of nitrogens with zero attached hydrogens (tertiary/aromatic N) is 2. The van der Waals surface area contributed by atoms with E-state index in [1.165, 1.54) is 7.11 Å². The fourth-order valence-electron chi connectivity index (χ4n) is 2.49. The molecule has 0 aromatic heterocycles. The van der Waals surface area contributed by atoms with E-state index in [2.05, 4.69) is 4.74 Å². The number of benzene rings is 1. The van der Waals surface area contributed by atoms with Gasteiger partial charge in [0.1, 0.15) is 0 Å². The average molecular weight is 291 g/mol. The van der Waals surface area contributed by atoms with Crippen LogP contribution >= 0.6 is 0 Å². The zero-order valence-corrected chi connectivity index (χ0v) is 12.7. The molecule has 1 heterocycles. The number of carbonyl (C=O) groups is 2. The highest BCUT2D eigenvalue weighted by Gasteiger charge is 2.26. The van der Waals surface area contributed by atoms with Crippen molar-refractivity contribution in [3.8, 4) is 0 Å². The van der Waals surface area contributed by atoms with Crippen molar-refractivity contribution >= 4 is 17.7 Å². The van der Waals surface area contributed by atoms with Gasteiger partial charge in [0.25, 0.3) is 5.91 Å². The molecular weight excluding hydrogens is 270 g/mol. The van der Waals surface area contributed by atoms with Crippen molar-refractivity contribution < 1.29 is 14.3 Å². The molecule has 0 aliphatic carbocycles. The summed E-state index contributed by atoms with van der Waals surface area (Å²) in [5, 5.41) is 0. The van der Waals surface area contributed by atoms with E-state index in [9.17, 15) is 9.59 Å². The highest BCUT2D eigenvalue weighted by molar-refractivity contribution is 5.97. The zero-order chi connectivity index (χ0) is 15.6. The lowest BCUT2D eigenvalue weighted by molar-refractivity contribution is 0.0599. The largest absolute Gasteiger partial charge is 0.453 e. The second kappa shape index (κ2) is 6.03. The average Bonchev–Trinajstić information content (AvgIpc) is 2.49. The molecule has 0 bridgehead atoms. The van der Waals surface area contributed by atoms with Crippen LogP contribution in [0.2, 0.25) is 0 Å². The number of hydrogen-bond donors (Lipinski definition) is 1. The number of nitrogens with two attached hydrogens (primary N) is 1. The summed E-state index contributed by atoms with van der Waals surface area (Å²) in [6.45, 7) is 5.80. The van der Waals surface area contributed by atoms with Gasteiger partial charge in [0.05, 0.1) is 7.11 Å². The molecule has 0 radical (unpaired) electrons. The number of nitrogen functional groups attached to an aromatic ring is 1. The number of rotatable bonds is 1. The Bertz CT molecular complexity index is 564. The van der Waals surface area contributed by atoms with Crippen molar-refractivity contribution in [2.24, 2.45) is 0 Å². The molecule has 1 aromatic rings. The Morgan fingerprint density at radius 2 is 1.62 bits per heavy atom. The highest BCUT2D eigenvalue weighted by atomic mass is 16.5. The molecule has 1 aliphatic rings. The molecule has 1 aromatic carbocycles. The van der Waals surface area contributed by atoms with Crippen LogP contribution in [-0.2, 0) is 4.74 Å². The normalized spacial score (nSPS) is 15.0. The van der Waals surface area contributed by atoms with Crippen LogP contribution in [-0.4, -0.2) is 55.1 Å². The number of piperazine rings is 1. The zero-order valence-electron chi connectivity index (χ0n) is 12.7. The summed E-state index contributed by atoms with van der Waals surface area (Å²) in [5.41, 5.74) is 9.04. The third-order valence-electron chi connectivity index (χ3n) is 3.84. The summed E-state index contributed by atoms with van der Waals surface area (Å²) in [7, 11) is 1.36. The Morgan fingerprint density at radius 1 is 1.05 bits per heavy atom. The second-order valence-corrected chi connectivity index (χ2v) is 5.27. The first kappa shape index (κ1) is 15.2. The Morgan fingerprint density at radius 3 is 2.19 bits per heavy atom. The lowest BCUT2D eigenvalue weighted by Gasteiger charge is -2.34. The number of ether oxygens (including phenoxy) is 1. The highest BCUT2D eigenvalue weighted by Crippen LogP contribution is 2.20. The molecule has 6 heteroatoms. The quantitative estimate of drug-likeness (QED) is 0.794. The Labute approximate surface area is 124 Å². The van der Waals surface area contributed by atoms with E-state index in [-0.39, 0.29) is 12.0 Å². The van der Waals surface area contributed by atoms with E-state index >= 15 is 0 Å². The summed E-state index contributed by atoms with van der Waals surface area (Å²) in [4.78, 5) is 27.3. The molecule has 6 nitrogen and oxygen atoms in total. The van der Waals surface area contributed by atoms with Crippen molar-refractivity contribution in [1.82, 2.24) is 9.80 Å². The molecule has 0 spiro atoms. The van der Waals surface area contributed by atoms with E-state index in [1.807, 2.05) is 19.9 Å². The van der Waals surface area contributed by atoms with Crippen LogP contribution in [0.5, 0.6) is 0 Å². The van der Waals surface area contributed by atoms with Gasteiger partial charge in [-0.15, -0.1) is 0 Å².